The van der Waals surface area contributed by atoms with Crippen molar-refractivity contribution in [3.8, 4) is 0 Å². The zero-order valence-electron chi connectivity index (χ0n) is 17.9. The van der Waals surface area contributed by atoms with Crippen LogP contribution in [0.3, 0.4) is 0 Å². The number of aromatic nitrogens is 2. The van der Waals surface area contributed by atoms with Crippen LogP contribution in [0, 0.1) is 0 Å². The molecule has 0 spiro atoms. The molecule has 1 atom stereocenters. The van der Waals surface area contributed by atoms with Gasteiger partial charge in [-0.15, -0.1) is 0 Å². The Hall–Kier alpha value is -2.76. The molecule has 3 amide bonds. The van der Waals surface area contributed by atoms with Gasteiger partial charge in [0.25, 0.3) is 5.91 Å². The summed E-state index contributed by atoms with van der Waals surface area (Å²) in [5.41, 5.74) is -0.545. The van der Waals surface area contributed by atoms with Gasteiger partial charge in [-0.25, -0.2) is 23.2 Å². The number of aryl methyl sites for hydroxylation is 1. The molecule has 2 fully saturated rings. The van der Waals surface area contributed by atoms with Crippen LogP contribution in [0.25, 0.3) is 0 Å². The third kappa shape index (κ3) is 5.43. The summed E-state index contributed by atoms with van der Waals surface area (Å²) >= 11 is 5.95. The summed E-state index contributed by atoms with van der Waals surface area (Å²) in [7, 11) is -3.81. The lowest BCUT2D eigenvalue weighted by atomic mass is 9.95. The monoisotopic (exact) mass is 492 g/mol. The zero-order chi connectivity index (χ0) is 23.5. The number of rotatable bonds is 8. The normalized spacial score (nSPS) is 21.7. The number of benzene rings is 1. The van der Waals surface area contributed by atoms with Gasteiger partial charge in [0.2, 0.25) is 10.0 Å². The van der Waals surface area contributed by atoms with Crippen molar-refractivity contribution in [2.24, 2.45) is 0 Å². The highest BCUT2D eigenvalue weighted by atomic mass is 35.5. The van der Waals surface area contributed by atoms with E-state index >= 15 is 0 Å². The molecular weight excluding hydrogens is 468 g/mol. The number of urea groups is 1. The molecule has 0 radical (unpaired) electrons. The zero-order valence-corrected chi connectivity index (χ0v) is 19.5. The van der Waals surface area contributed by atoms with E-state index in [1.165, 1.54) is 4.31 Å². The fourth-order valence-corrected chi connectivity index (χ4v) is 6.16. The van der Waals surface area contributed by atoms with Crippen molar-refractivity contribution in [3.63, 3.8) is 0 Å². The summed E-state index contributed by atoms with van der Waals surface area (Å²) in [6.45, 7) is 1.60. The van der Waals surface area contributed by atoms with Gasteiger partial charge >= 0.3 is 6.03 Å². The van der Waals surface area contributed by atoms with Crippen LogP contribution in [0.5, 0.6) is 0 Å². The quantitative estimate of drug-likeness (QED) is 0.530. The van der Waals surface area contributed by atoms with Crippen molar-refractivity contribution < 1.29 is 18.0 Å². The minimum atomic E-state index is -3.81. The summed E-state index contributed by atoms with van der Waals surface area (Å²) in [6.07, 6.45) is 4.31. The maximum absolute atomic E-state index is 13.3. The first-order valence-corrected chi connectivity index (χ1v) is 12.6. The third-order valence-electron chi connectivity index (χ3n) is 5.89. The molecule has 10 nitrogen and oxygen atoms in total. The Morgan fingerprint density at radius 3 is 2.30 bits per heavy atom. The molecule has 176 valence electrons. The van der Waals surface area contributed by atoms with Crippen molar-refractivity contribution >= 4 is 39.2 Å². The van der Waals surface area contributed by atoms with Crippen molar-refractivity contribution in [2.75, 3.05) is 36.8 Å². The highest BCUT2D eigenvalue weighted by Gasteiger charge is 2.50. The Balaban J connectivity index is 1.41. The lowest BCUT2D eigenvalue weighted by Crippen LogP contribution is -2.57. The van der Waals surface area contributed by atoms with Crippen LogP contribution in [0.4, 0.5) is 10.5 Å². The second kappa shape index (κ2) is 9.62. The van der Waals surface area contributed by atoms with Gasteiger partial charge in [-0.2, -0.15) is 4.31 Å². The van der Waals surface area contributed by atoms with E-state index in [2.05, 4.69) is 25.5 Å². The number of nitrogens with one attached hydrogen (secondary N) is 2. The van der Waals surface area contributed by atoms with Crippen LogP contribution in [0.15, 0.2) is 42.7 Å². The molecule has 1 aromatic carbocycles. The maximum atomic E-state index is 13.3. The second-order valence-corrected chi connectivity index (χ2v) is 10.5. The Labute approximate surface area is 197 Å². The first-order chi connectivity index (χ1) is 15.8. The SMILES string of the molecule is O=C1NC(=O)C(CCCc2ncccn2)(CS(=O)(=O)N2CCN(c3ccc(Cl)cc3)CC2)N1. The fraction of sp³-hybridized carbons (Fsp3) is 0.429. The molecule has 2 aliphatic heterocycles. The van der Waals surface area contributed by atoms with E-state index < -0.39 is 33.3 Å². The lowest BCUT2D eigenvalue weighted by molar-refractivity contribution is -0.123. The summed E-state index contributed by atoms with van der Waals surface area (Å²) in [5.74, 6) is -0.517. The first-order valence-electron chi connectivity index (χ1n) is 10.7. The molecular formula is C21H25ClN6O4S. The number of amides is 3. The van der Waals surface area contributed by atoms with Crippen molar-refractivity contribution in [1.29, 1.82) is 0 Å². The molecule has 1 aromatic heterocycles. The van der Waals surface area contributed by atoms with Gasteiger partial charge in [0, 0.05) is 55.7 Å². The van der Waals surface area contributed by atoms with Crippen molar-refractivity contribution in [1.82, 2.24) is 24.9 Å². The van der Waals surface area contributed by atoms with Gasteiger partial charge in [-0.1, -0.05) is 11.6 Å². The summed E-state index contributed by atoms with van der Waals surface area (Å²) < 4.78 is 27.9. The van der Waals surface area contributed by atoms with Gasteiger partial charge < -0.3 is 10.2 Å². The number of nitrogens with zero attached hydrogens (tertiary/aromatic N) is 4. The molecule has 3 heterocycles. The van der Waals surface area contributed by atoms with Crippen molar-refractivity contribution in [3.05, 3.63) is 53.6 Å². The average Bonchev–Trinajstić information content (AvgIpc) is 3.07. The van der Waals surface area contributed by atoms with Gasteiger partial charge in [-0.05, 0) is 43.2 Å². The molecule has 4 rings (SSSR count). The summed E-state index contributed by atoms with van der Waals surface area (Å²) in [5, 5.41) is 5.40. The van der Waals surface area contributed by atoms with Crippen molar-refractivity contribution in [2.45, 2.75) is 24.8 Å². The smallest absolute Gasteiger partial charge is 0.322 e. The minimum Gasteiger partial charge on any atom is -0.369 e. The van der Waals surface area contributed by atoms with E-state index in [1.54, 1.807) is 30.6 Å². The molecule has 33 heavy (non-hydrogen) atoms. The number of hydrogen-bond acceptors (Lipinski definition) is 7. The number of imide groups is 1. The van der Waals surface area contributed by atoms with E-state index in [-0.39, 0.29) is 19.5 Å². The first kappa shape index (κ1) is 23.4. The molecule has 2 aromatic rings. The molecule has 0 saturated carbocycles. The maximum Gasteiger partial charge on any atom is 0.322 e. The van der Waals surface area contributed by atoms with Gasteiger partial charge in [-0.3, -0.25) is 10.1 Å². The van der Waals surface area contributed by atoms with E-state index in [9.17, 15) is 18.0 Å². The number of hydrogen-bond donors (Lipinski definition) is 2. The Morgan fingerprint density at radius 1 is 1.03 bits per heavy atom. The van der Waals surface area contributed by atoms with E-state index in [1.807, 2.05) is 12.1 Å². The van der Waals surface area contributed by atoms with Crippen LogP contribution in [-0.2, 0) is 21.2 Å². The molecule has 0 aliphatic carbocycles. The molecule has 1 unspecified atom stereocenters. The van der Waals surface area contributed by atoms with Gasteiger partial charge in [0.1, 0.15) is 11.4 Å². The minimum absolute atomic E-state index is 0.160. The summed E-state index contributed by atoms with van der Waals surface area (Å²) in [6, 6.07) is 8.41. The number of sulfonamides is 1. The molecule has 2 N–H and O–H groups in total. The third-order valence-corrected chi connectivity index (χ3v) is 8.15. The average molecular weight is 493 g/mol. The Bertz CT molecular complexity index is 1110. The van der Waals surface area contributed by atoms with Gasteiger partial charge in [0.05, 0.1) is 5.75 Å². The summed E-state index contributed by atoms with van der Waals surface area (Å²) in [4.78, 5) is 34.9. The topological polar surface area (TPSA) is 125 Å². The molecule has 2 saturated heterocycles. The highest BCUT2D eigenvalue weighted by Crippen LogP contribution is 2.25. The number of piperazine rings is 1. The fourth-order valence-electron chi connectivity index (χ4n) is 4.16. The molecule has 12 heteroatoms. The predicted molar refractivity (Wildman–Crippen MR) is 123 cm³/mol. The van der Waals surface area contributed by atoms with Crippen LogP contribution >= 0.6 is 11.6 Å². The Morgan fingerprint density at radius 2 is 1.70 bits per heavy atom. The van der Waals surface area contributed by atoms with Crippen LogP contribution in [-0.4, -0.2) is 72.1 Å². The predicted octanol–water partition coefficient (Wildman–Crippen LogP) is 1.18. The van der Waals surface area contributed by atoms with E-state index in [4.69, 9.17) is 11.6 Å². The standard InChI is InChI=1S/C21H25ClN6O4S/c22-16-4-6-17(7-5-16)27-11-13-28(14-12-27)33(31,32)15-21(19(29)25-20(30)26-21)8-1-3-18-23-9-2-10-24-18/h2,4-7,9-10H,1,3,8,11-15H2,(H2,25,26,29,30). The largest absolute Gasteiger partial charge is 0.369 e. The molecule has 2 aliphatic rings. The number of carbonyl (C=O) groups is 2. The molecule has 0 bridgehead atoms. The highest BCUT2D eigenvalue weighted by molar-refractivity contribution is 7.89. The van der Waals surface area contributed by atoms with Crippen LogP contribution in [0.1, 0.15) is 18.7 Å². The second-order valence-electron chi connectivity index (χ2n) is 8.13. The number of halogens is 1. The van der Waals surface area contributed by atoms with Crippen LogP contribution in [0.2, 0.25) is 5.02 Å². The number of carbonyl (C=O) groups excluding carboxylic acids is 2. The van der Waals surface area contributed by atoms with Gasteiger partial charge in [0.15, 0.2) is 0 Å². The van der Waals surface area contributed by atoms with E-state index in [0.717, 1.165) is 5.69 Å². The number of anilines is 1. The Kier molecular flexibility index (Phi) is 6.82. The van der Waals surface area contributed by atoms with Crippen LogP contribution < -0.4 is 15.5 Å². The van der Waals surface area contributed by atoms with E-state index in [0.29, 0.717) is 36.8 Å². The lowest BCUT2D eigenvalue weighted by Gasteiger charge is -2.37.